The second kappa shape index (κ2) is 4.47. The third kappa shape index (κ3) is 1.90. The molecule has 4 N–H and O–H groups in total. The van der Waals surface area contributed by atoms with Gasteiger partial charge in [0.05, 0.1) is 0 Å². The molecule has 0 unspecified atom stereocenters. The maximum Gasteiger partial charge on any atom is 0.0316 e. The molecule has 0 fully saturated rings. The van der Waals surface area contributed by atoms with Gasteiger partial charge in [-0.25, -0.2) is 0 Å². The summed E-state index contributed by atoms with van der Waals surface area (Å²) in [4.78, 5) is 0. The van der Waals surface area contributed by atoms with Gasteiger partial charge in [-0.3, -0.25) is 0 Å². The number of hydrogen-bond acceptors (Lipinski definition) is 2. The lowest BCUT2D eigenvalue weighted by atomic mass is 9.76. The molecule has 0 bridgehead atoms. The topological polar surface area (TPSA) is 52.0 Å². The zero-order chi connectivity index (χ0) is 10.6. The van der Waals surface area contributed by atoms with E-state index in [4.69, 9.17) is 11.5 Å². The highest BCUT2D eigenvalue weighted by Crippen LogP contribution is 2.31. The number of rotatable bonds is 4. The molecule has 1 rings (SSSR count). The Labute approximate surface area is 86.3 Å². The lowest BCUT2D eigenvalue weighted by Crippen LogP contribution is -2.33. The average molecular weight is 192 g/mol. The monoisotopic (exact) mass is 192 g/mol. The molecule has 0 spiro atoms. The van der Waals surface area contributed by atoms with Gasteiger partial charge >= 0.3 is 0 Å². The minimum atomic E-state index is 0.107. The van der Waals surface area contributed by atoms with E-state index in [2.05, 4.69) is 19.9 Å². The van der Waals surface area contributed by atoms with Gasteiger partial charge in [0.1, 0.15) is 0 Å². The lowest BCUT2D eigenvalue weighted by Gasteiger charge is -2.31. The Balaban J connectivity index is 3.10. The fourth-order valence-corrected chi connectivity index (χ4v) is 1.93. The highest BCUT2D eigenvalue weighted by atomic mass is 14.6. The largest absolute Gasteiger partial charge is 0.399 e. The summed E-state index contributed by atoms with van der Waals surface area (Å²) >= 11 is 0. The van der Waals surface area contributed by atoms with Crippen LogP contribution >= 0.6 is 0 Å². The first-order chi connectivity index (χ1) is 6.68. The number of anilines is 1. The highest BCUT2D eigenvalue weighted by Gasteiger charge is 2.26. The number of nitrogens with two attached hydrogens (primary N) is 2. The van der Waals surface area contributed by atoms with Crippen molar-refractivity contribution >= 4 is 5.69 Å². The van der Waals surface area contributed by atoms with Crippen molar-refractivity contribution in [2.45, 2.75) is 32.1 Å². The molecular formula is C12H20N2. The van der Waals surface area contributed by atoms with Crippen LogP contribution in [0.1, 0.15) is 32.3 Å². The van der Waals surface area contributed by atoms with E-state index in [1.807, 2.05) is 18.2 Å². The third-order valence-electron chi connectivity index (χ3n) is 3.24. The summed E-state index contributed by atoms with van der Waals surface area (Å²) in [6, 6.07) is 8.08. The smallest absolute Gasteiger partial charge is 0.0316 e. The van der Waals surface area contributed by atoms with Gasteiger partial charge in [0.25, 0.3) is 0 Å². The van der Waals surface area contributed by atoms with E-state index in [9.17, 15) is 0 Å². The maximum absolute atomic E-state index is 5.87. The van der Waals surface area contributed by atoms with Gasteiger partial charge in [0.15, 0.2) is 0 Å². The maximum atomic E-state index is 5.87. The van der Waals surface area contributed by atoms with Crippen LogP contribution in [-0.4, -0.2) is 6.54 Å². The Morgan fingerprint density at radius 1 is 1.21 bits per heavy atom. The first kappa shape index (κ1) is 11.1. The second-order valence-corrected chi connectivity index (χ2v) is 3.82. The third-order valence-corrected chi connectivity index (χ3v) is 3.24. The molecule has 0 aliphatic heterocycles. The van der Waals surface area contributed by atoms with Gasteiger partial charge in [0.2, 0.25) is 0 Å². The van der Waals surface area contributed by atoms with Gasteiger partial charge in [-0.15, -0.1) is 0 Å². The summed E-state index contributed by atoms with van der Waals surface area (Å²) in [5.41, 5.74) is 13.8. The van der Waals surface area contributed by atoms with Crippen molar-refractivity contribution in [2.75, 3.05) is 12.3 Å². The lowest BCUT2D eigenvalue weighted by molar-refractivity contribution is 0.407. The SMILES string of the molecule is CCC(CC)(CN)c1cccc(N)c1. The number of benzene rings is 1. The molecule has 0 aromatic heterocycles. The summed E-state index contributed by atoms with van der Waals surface area (Å²) in [6.07, 6.45) is 2.12. The zero-order valence-electron chi connectivity index (χ0n) is 9.09. The fraction of sp³-hybridized carbons (Fsp3) is 0.500. The fourth-order valence-electron chi connectivity index (χ4n) is 1.93. The standard InChI is InChI=1S/C12H20N2/c1-3-12(4-2,9-13)10-6-5-7-11(14)8-10/h5-8H,3-4,9,13-14H2,1-2H3. The molecule has 0 saturated heterocycles. The summed E-state index contributed by atoms with van der Waals surface area (Å²) < 4.78 is 0. The van der Waals surface area contributed by atoms with Gasteiger partial charge in [0, 0.05) is 17.6 Å². The van der Waals surface area contributed by atoms with Crippen molar-refractivity contribution in [1.29, 1.82) is 0 Å². The van der Waals surface area contributed by atoms with E-state index in [-0.39, 0.29) is 5.41 Å². The van der Waals surface area contributed by atoms with Crippen LogP contribution in [0.15, 0.2) is 24.3 Å². The summed E-state index contributed by atoms with van der Waals surface area (Å²) in [5, 5.41) is 0. The Morgan fingerprint density at radius 2 is 1.86 bits per heavy atom. The van der Waals surface area contributed by atoms with Crippen molar-refractivity contribution < 1.29 is 0 Å². The van der Waals surface area contributed by atoms with Crippen molar-refractivity contribution in [3.8, 4) is 0 Å². The highest BCUT2D eigenvalue weighted by molar-refractivity contribution is 5.43. The summed E-state index contributed by atoms with van der Waals surface area (Å²) in [5.74, 6) is 0. The Hall–Kier alpha value is -1.02. The van der Waals surface area contributed by atoms with E-state index < -0.39 is 0 Å². The van der Waals surface area contributed by atoms with Crippen molar-refractivity contribution in [3.05, 3.63) is 29.8 Å². The predicted octanol–water partition coefficient (Wildman–Crippen LogP) is 2.29. The van der Waals surface area contributed by atoms with Crippen LogP contribution in [0.5, 0.6) is 0 Å². The van der Waals surface area contributed by atoms with E-state index in [1.54, 1.807) is 0 Å². The normalized spacial score (nSPS) is 11.6. The quantitative estimate of drug-likeness (QED) is 0.719. The molecule has 1 aromatic rings. The van der Waals surface area contributed by atoms with Crippen LogP contribution in [0.2, 0.25) is 0 Å². The average Bonchev–Trinajstić information content (AvgIpc) is 2.22. The predicted molar refractivity (Wildman–Crippen MR) is 62.2 cm³/mol. The number of hydrogen-bond donors (Lipinski definition) is 2. The molecule has 2 nitrogen and oxygen atoms in total. The van der Waals surface area contributed by atoms with Gasteiger partial charge in [-0.2, -0.15) is 0 Å². The molecule has 0 aliphatic rings. The van der Waals surface area contributed by atoms with Crippen LogP contribution in [-0.2, 0) is 5.41 Å². The Kier molecular flexibility index (Phi) is 3.53. The van der Waals surface area contributed by atoms with Crippen molar-refractivity contribution in [1.82, 2.24) is 0 Å². The van der Waals surface area contributed by atoms with Crippen LogP contribution in [0, 0.1) is 0 Å². The number of nitrogen functional groups attached to an aromatic ring is 1. The Morgan fingerprint density at radius 3 is 2.29 bits per heavy atom. The molecule has 14 heavy (non-hydrogen) atoms. The van der Waals surface area contributed by atoms with Crippen LogP contribution < -0.4 is 11.5 Å². The molecule has 0 radical (unpaired) electrons. The molecule has 1 aromatic carbocycles. The summed E-state index contributed by atoms with van der Waals surface area (Å²) in [7, 11) is 0. The Bertz CT molecular complexity index is 282. The van der Waals surface area contributed by atoms with E-state index in [1.165, 1.54) is 5.56 Å². The first-order valence-corrected chi connectivity index (χ1v) is 5.24. The molecule has 0 aliphatic carbocycles. The van der Waals surface area contributed by atoms with Crippen molar-refractivity contribution in [2.24, 2.45) is 5.73 Å². The first-order valence-electron chi connectivity index (χ1n) is 5.24. The molecule has 0 amide bonds. The van der Waals surface area contributed by atoms with Crippen LogP contribution in [0.25, 0.3) is 0 Å². The zero-order valence-corrected chi connectivity index (χ0v) is 9.09. The van der Waals surface area contributed by atoms with E-state index in [0.717, 1.165) is 18.5 Å². The van der Waals surface area contributed by atoms with E-state index >= 15 is 0 Å². The van der Waals surface area contributed by atoms with Gasteiger partial charge in [-0.1, -0.05) is 26.0 Å². The van der Waals surface area contributed by atoms with Crippen LogP contribution in [0.4, 0.5) is 5.69 Å². The molecule has 0 atom stereocenters. The molecule has 78 valence electrons. The minimum absolute atomic E-state index is 0.107. The second-order valence-electron chi connectivity index (χ2n) is 3.82. The van der Waals surface area contributed by atoms with Gasteiger partial charge < -0.3 is 11.5 Å². The minimum Gasteiger partial charge on any atom is -0.399 e. The summed E-state index contributed by atoms with van der Waals surface area (Å²) in [6.45, 7) is 5.04. The van der Waals surface area contributed by atoms with Crippen molar-refractivity contribution in [3.63, 3.8) is 0 Å². The van der Waals surface area contributed by atoms with E-state index in [0.29, 0.717) is 6.54 Å². The van der Waals surface area contributed by atoms with Gasteiger partial charge in [-0.05, 0) is 30.5 Å². The van der Waals surface area contributed by atoms with Crippen LogP contribution in [0.3, 0.4) is 0 Å². The molecule has 2 heteroatoms. The molecular weight excluding hydrogens is 172 g/mol. The molecule has 0 saturated carbocycles. The molecule has 0 heterocycles.